The molecule has 0 bridgehead atoms. The second-order valence-corrected chi connectivity index (χ2v) is 6.24. The van der Waals surface area contributed by atoms with Crippen LogP contribution in [0, 0.1) is 6.92 Å². The van der Waals surface area contributed by atoms with Crippen molar-refractivity contribution in [3.05, 3.63) is 17.5 Å². The average molecular weight is 282 g/mol. The molecule has 1 aliphatic rings. The van der Waals surface area contributed by atoms with Crippen molar-refractivity contribution in [1.82, 2.24) is 20.4 Å². The summed E-state index contributed by atoms with van der Waals surface area (Å²) in [4.78, 5) is 11.8. The number of carbonyl (C=O) groups excluding carboxylic acids is 1. The lowest BCUT2D eigenvalue weighted by atomic mass is 10.2. The van der Waals surface area contributed by atoms with Gasteiger partial charge in [-0.3, -0.25) is 9.48 Å². The highest BCUT2D eigenvalue weighted by molar-refractivity contribution is 8.00. The molecule has 1 amide bonds. The summed E-state index contributed by atoms with van der Waals surface area (Å²) in [6.07, 6.45) is 4.29. The number of thioether (sulfide) groups is 1. The van der Waals surface area contributed by atoms with Gasteiger partial charge in [-0.1, -0.05) is 0 Å². The standard InChI is InChI=1S/C13H22N4OS/c1-10-11(8-17(2)16-10)7-15-13(18)9-19-12-3-5-14-6-4-12/h8,12,14H,3-7,9H2,1-2H3,(H,15,18). The molecule has 0 unspecified atom stereocenters. The molecule has 1 aromatic rings. The molecular formula is C13H22N4OS. The third-order valence-electron chi connectivity index (χ3n) is 3.33. The number of hydrogen-bond donors (Lipinski definition) is 2. The molecule has 106 valence electrons. The van der Waals surface area contributed by atoms with Crippen LogP contribution in [0.15, 0.2) is 6.20 Å². The summed E-state index contributed by atoms with van der Waals surface area (Å²) in [7, 11) is 1.89. The van der Waals surface area contributed by atoms with Gasteiger partial charge >= 0.3 is 0 Å². The number of piperidine rings is 1. The normalized spacial score (nSPS) is 16.5. The Kier molecular flexibility index (Phi) is 5.27. The highest BCUT2D eigenvalue weighted by atomic mass is 32.2. The Labute approximate surface area is 118 Å². The number of aromatic nitrogens is 2. The molecule has 1 aliphatic heterocycles. The van der Waals surface area contributed by atoms with Gasteiger partial charge in [0.25, 0.3) is 0 Å². The average Bonchev–Trinajstić information content (AvgIpc) is 2.73. The van der Waals surface area contributed by atoms with Crippen molar-refractivity contribution in [3.8, 4) is 0 Å². The van der Waals surface area contributed by atoms with Crippen molar-refractivity contribution in [1.29, 1.82) is 0 Å². The fraction of sp³-hybridized carbons (Fsp3) is 0.692. The van der Waals surface area contributed by atoms with Crippen LogP contribution >= 0.6 is 11.8 Å². The second-order valence-electron chi connectivity index (χ2n) is 4.95. The fourth-order valence-electron chi connectivity index (χ4n) is 2.22. The van der Waals surface area contributed by atoms with Crippen molar-refractivity contribution >= 4 is 17.7 Å². The summed E-state index contributed by atoms with van der Waals surface area (Å²) >= 11 is 1.78. The molecule has 0 saturated carbocycles. The van der Waals surface area contributed by atoms with Crippen molar-refractivity contribution < 1.29 is 4.79 Å². The summed E-state index contributed by atoms with van der Waals surface area (Å²) in [6, 6.07) is 0. The van der Waals surface area contributed by atoms with Crippen LogP contribution in [0.5, 0.6) is 0 Å². The van der Waals surface area contributed by atoms with Gasteiger partial charge in [0, 0.05) is 30.6 Å². The summed E-state index contributed by atoms with van der Waals surface area (Å²) in [6.45, 7) is 4.69. The van der Waals surface area contributed by atoms with E-state index >= 15 is 0 Å². The zero-order chi connectivity index (χ0) is 13.7. The van der Waals surface area contributed by atoms with E-state index in [1.807, 2.05) is 20.2 Å². The summed E-state index contributed by atoms with van der Waals surface area (Å²) in [5.41, 5.74) is 2.07. The molecule has 0 radical (unpaired) electrons. The van der Waals surface area contributed by atoms with E-state index in [-0.39, 0.29) is 5.91 Å². The molecule has 0 spiro atoms. The zero-order valence-electron chi connectivity index (χ0n) is 11.6. The van der Waals surface area contributed by atoms with Gasteiger partial charge in [-0.05, 0) is 32.9 Å². The minimum Gasteiger partial charge on any atom is -0.351 e. The predicted molar refractivity (Wildman–Crippen MR) is 78.1 cm³/mol. The smallest absolute Gasteiger partial charge is 0.230 e. The lowest BCUT2D eigenvalue weighted by Crippen LogP contribution is -2.31. The van der Waals surface area contributed by atoms with Gasteiger partial charge in [0.1, 0.15) is 0 Å². The van der Waals surface area contributed by atoms with E-state index in [4.69, 9.17) is 0 Å². The van der Waals surface area contributed by atoms with Gasteiger partial charge in [-0.15, -0.1) is 11.8 Å². The number of amides is 1. The summed E-state index contributed by atoms with van der Waals surface area (Å²) in [5.74, 6) is 0.677. The van der Waals surface area contributed by atoms with Gasteiger partial charge in [-0.2, -0.15) is 5.10 Å². The third-order valence-corrected chi connectivity index (χ3v) is 4.70. The number of aryl methyl sites for hydroxylation is 2. The fourth-order valence-corrected chi connectivity index (χ4v) is 3.28. The van der Waals surface area contributed by atoms with Crippen molar-refractivity contribution in [2.75, 3.05) is 18.8 Å². The molecule has 2 N–H and O–H groups in total. The van der Waals surface area contributed by atoms with E-state index in [1.54, 1.807) is 16.4 Å². The Bertz CT molecular complexity index is 426. The highest BCUT2D eigenvalue weighted by Crippen LogP contribution is 2.19. The van der Waals surface area contributed by atoms with Crippen LogP contribution in [0.25, 0.3) is 0 Å². The van der Waals surface area contributed by atoms with E-state index in [1.165, 1.54) is 12.8 Å². The molecule has 2 heterocycles. The Morgan fingerprint density at radius 1 is 1.58 bits per heavy atom. The minimum atomic E-state index is 0.117. The van der Waals surface area contributed by atoms with Crippen molar-refractivity contribution in [3.63, 3.8) is 0 Å². The van der Waals surface area contributed by atoms with E-state index in [0.717, 1.165) is 24.3 Å². The first-order chi connectivity index (χ1) is 9.15. The van der Waals surface area contributed by atoms with Crippen LogP contribution in [0.2, 0.25) is 0 Å². The Morgan fingerprint density at radius 2 is 2.32 bits per heavy atom. The Hall–Kier alpha value is -1.01. The van der Waals surface area contributed by atoms with E-state index in [0.29, 0.717) is 17.5 Å². The van der Waals surface area contributed by atoms with Gasteiger partial charge in [0.05, 0.1) is 11.4 Å². The molecule has 19 heavy (non-hydrogen) atoms. The monoisotopic (exact) mass is 282 g/mol. The molecular weight excluding hydrogens is 260 g/mol. The molecule has 0 aliphatic carbocycles. The third kappa shape index (κ3) is 4.54. The van der Waals surface area contributed by atoms with Crippen LogP contribution < -0.4 is 10.6 Å². The van der Waals surface area contributed by atoms with Crippen LogP contribution in [-0.2, 0) is 18.4 Å². The maximum atomic E-state index is 11.8. The van der Waals surface area contributed by atoms with Gasteiger partial charge in [-0.25, -0.2) is 0 Å². The number of hydrogen-bond acceptors (Lipinski definition) is 4. The lowest BCUT2D eigenvalue weighted by molar-refractivity contribution is -0.118. The zero-order valence-corrected chi connectivity index (χ0v) is 12.4. The molecule has 5 nitrogen and oxygen atoms in total. The predicted octanol–water partition coefficient (Wildman–Crippen LogP) is 0.830. The second kappa shape index (κ2) is 6.96. The van der Waals surface area contributed by atoms with Gasteiger partial charge in [0.15, 0.2) is 0 Å². The highest BCUT2D eigenvalue weighted by Gasteiger charge is 2.15. The Balaban J connectivity index is 1.68. The maximum Gasteiger partial charge on any atom is 0.230 e. The first kappa shape index (κ1) is 14.4. The first-order valence-corrected chi connectivity index (χ1v) is 7.78. The molecule has 6 heteroatoms. The maximum absolute atomic E-state index is 11.8. The van der Waals surface area contributed by atoms with Crippen molar-refractivity contribution in [2.24, 2.45) is 7.05 Å². The number of rotatable bonds is 5. The summed E-state index contributed by atoms with van der Waals surface area (Å²) in [5, 5.41) is 11.2. The molecule has 1 saturated heterocycles. The van der Waals surface area contributed by atoms with E-state index in [9.17, 15) is 4.79 Å². The Morgan fingerprint density at radius 3 is 2.95 bits per heavy atom. The van der Waals surface area contributed by atoms with Gasteiger partial charge in [0.2, 0.25) is 5.91 Å². The van der Waals surface area contributed by atoms with E-state index in [2.05, 4.69) is 15.7 Å². The molecule has 1 aromatic heterocycles. The molecule has 0 aromatic carbocycles. The quantitative estimate of drug-likeness (QED) is 0.840. The molecule has 2 rings (SSSR count). The van der Waals surface area contributed by atoms with Crippen molar-refractivity contribution in [2.45, 2.75) is 31.6 Å². The van der Waals surface area contributed by atoms with Gasteiger partial charge < -0.3 is 10.6 Å². The van der Waals surface area contributed by atoms with Crippen LogP contribution in [0.3, 0.4) is 0 Å². The van der Waals surface area contributed by atoms with E-state index < -0.39 is 0 Å². The van der Waals surface area contributed by atoms with Crippen LogP contribution in [0.4, 0.5) is 0 Å². The lowest BCUT2D eigenvalue weighted by Gasteiger charge is -2.21. The first-order valence-electron chi connectivity index (χ1n) is 6.73. The minimum absolute atomic E-state index is 0.117. The summed E-state index contributed by atoms with van der Waals surface area (Å²) < 4.78 is 1.78. The van der Waals surface area contributed by atoms with Crippen LogP contribution in [0.1, 0.15) is 24.1 Å². The SMILES string of the molecule is Cc1nn(C)cc1CNC(=O)CSC1CCNCC1. The molecule has 0 atom stereocenters. The number of nitrogens with one attached hydrogen (secondary N) is 2. The largest absolute Gasteiger partial charge is 0.351 e. The number of nitrogens with zero attached hydrogens (tertiary/aromatic N) is 2. The molecule has 1 fully saturated rings. The number of carbonyl (C=O) groups is 1. The topological polar surface area (TPSA) is 59.0 Å². The van der Waals surface area contributed by atoms with Crippen LogP contribution in [-0.4, -0.2) is 39.8 Å².